The van der Waals surface area contributed by atoms with Gasteiger partial charge in [0.05, 0.1) is 18.0 Å². The van der Waals surface area contributed by atoms with E-state index in [4.69, 9.17) is 27.5 Å². The van der Waals surface area contributed by atoms with Gasteiger partial charge >= 0.3 is 11.9 Å². The number of carbonyl (C=O) groups excluding carboxylic acids is 2. The van der Waals surface area contributed by atoms with Gasteiger partial charge in [0, 0.05) is 17.1 Å². The van der Waals surface area contributed by atoms with Crippen LogP contribution >= 0.6 is 11.6 Å². The number of hydrogen-bond donors (Lipinski definition) is 5. The number of halogens is 1. The molecule has 3 rings (SSSR count). The predicted octanol–water partition coefficient (Wildman–Crippen LogP) is 4.13. The number of benzene rings is 3. The Labute approximate surface area is 212 Å². The average Bonchev–Trinajstić information content (AvgIpc) is 2.83. The summed E-state index contributed by atoms with van der Waals surface area (Å²) in [6, 6.07) is 19.3. The molecule has 3 aromatic carbocycles. The number of rotatable bonds is 10. The van der Waals surface area contributed by atoms with Crippen molar-refractivity contribution in [2.45, 2.75) is 25.3 Å². The molecule has 0 aliphatic heterocycles. The van der Waals surface area contributed by atoms with Gasteiger partial charge in [0.25, 0.3) is 0 Å². The molecule has 3 aromatic rings. The van der Waals surface area contributed by atoms with Gasteiger partial charge in [-0.1, -0.05) is 48.0 Å². The molecule has 0 heterocycles. The van der Waals surface area contributed by atoms with Gasteiger partial charge in [-0.05, 0) is 53.9 Å². The van der Waals surface area contributed by atoms with Crippen molar-refractivity contribution in [1.82, 2.24) is 5.32 Å². The maximum absolute atomic E-state index is 12.5. The van der Waals surface area contributed by atoms with Gasteiger partial charge in [-0.3, -0.25) is 15.0 Å². The van der Waals surface area contributed by atoms with Crippen molar-refractivity contribution in [3.63, 3.8) is 0 Å². The number of esters is 1. The molecule has 0 fully saturated rings. The van der Waals surface area contributed by atoms with E-state index in [-0.39, 0.29) is 30.5 Å². The Morgan fingerprint density at radius 1 is 1.03 bits per heavy atom. The van der Waals surface area contributed by atoms with E-state index in [2.05, 4.69) is 10.6 Å². The Balaban J connectivity index is 1.57. The van der Waals surface area contributed by atoms with Crippen LogP contribution in [0.4, 0.5) is 5.69 Å². The minimum Gasteiger partial charge on any atom is -0.481 e. The first-order valence-electron chi connectivity index (χ1n) is 11.0. The Hall–Kier alpha value is -4.37. The van der Waals surface area contributed by atoms with Crippen molar-refractivity contribution < 1.29 is 24.2 Å². The minimum atomic E-state index is -1.01. The largest absolute Gasteiger partial charge is 0.481 e. The van der Waals surface area contributed by atoms with Crippen molar-refractivity contribution in [1.29, 1.82) is 5.41 Å². The van der Waals surface area contributed by atoms with Gasteiger partial charge in [-0.2, -0.15) is 0 Å². The minimum absolute atomic E-state index is 0.0997. The molecule has 0 spiro atoms. The van der Waals surface area contributed by atoms with Crippen LogP contribution in [0.3, 0.4) is 0 Å². The third kappa shape index (κ3) is 7.85. The molecule has 36 heavy (non-hydrogen) atoms. The van der Waals surface area contributed by atoms with Crippen LogP contribution in [0.25, 0.3) is 0 Å². The number of carboxylic acids is 1. The molecule has 0 bridgehead atoms. The Kier molecular flexibility index (Phi) is 9.01. The second-order valence-corrected chi connectivity index (χ2v) is 8.29. The van der Waals surface area contributed by atoms with Gasteiger partial charge < -0.3 is 26.2 Å². The van der Waals surface area contributed by atoms with E-state index < -0.39 is 18.0 Å². The predicted molar refractivity (Wildman–Crippen MR) is 136 cm³/mol. The fourth-order valence-corrected chi connectivity index (χ4v) is 3.70. The lowest BCUT2D eigenvalue weighted by Gasteiger charge is -2.17. The summed E-state index contributed by atoms with van der Waals surface area (Å²) in [5, 5.41) is 22.1. The zero-order valence-corrected chi connectivity index (χ0v) is 19.9. The SMILES string of the molecule is N=C(N)Nc1ccc(C(=O)Oc2ccc(CCC(=O)N[C@@H](CC(=O)O)c3ccccc3)c(Cl)c2)cc1. The zero-order chi connectivity index (χ0) is 26.1. The Bertz CT molecular complexity index is 1250. The fraction of sp³-hybridized carbons (Fsp3) is 0.154. The van der Waals surface area contributed by atoms with Crippen molar-refractivity contribution in [3.8, 4) is 5.75 Å². The third-order valence-corrected chi connectivity index (χ3v) is 5.52. The normalized spacial score (nSPS) is 11.2. The molecule has 186 valence electrons. The summed E-state index contributed by atoms with van der Waals surface area (Å²) < 4.78 is 5.38. The summed E-state index contributed by atoms with van der Waals surface area (Å²) in [6.07, 6.45) is 0.188. The van der Waals surface area contributed by atoms with Gasteiger partial charge in [0.1, 0.15) is 5.75 Å². The van der Waals surface area contributed by atoms with E-state index in [1.165, 1.54) is 18.2 Å². The van der Waals surface area contributed by atoms with Crippen LogP contribution in [0.2, 0.25) is 5.02 Å². The van der Waals surface area contributed by atoms with Crippen molar-refractivity contribution in [2.75, 3.05) is 5.32 Å². The number of amides is 1. The molecule has 10 heteroatoms. The molecule has 0 radical (unpaired) electrons. The summed E-state index contributed by atoms with van der Waals surface area (Å²) in [4.78, 5) is 36.1. The molecule has 0 saturated carbocycles. The van der Waals surface area contributed by atoms with Gasteiger partial charge in [-0.25, -0.2) is 4.79 Å². The van der Waals surface area contributed by atoms with Gasteiger partial charge in [0.2, 0.25) is 5.91 Å². The summed E-state index contributed by atoms with van der Waals surface area (Å²) in [6.45, 7) is 0. The first-order chi connectivity index (χ1) is 17.2. The van der Waals surface area contributed by atoms with Crippen LogP contribution in [0.15, 0.2) is 72.8 Å². The molecule has 1 amide bonds. The van der Waals surface area contributed by atoms with E-state index in [1.807, 2.05) is 6.07 Å². The van der Waals surface area contributed by atoms with Crippen LogP contribution in [-0.2, 0) is 16.0 Å². The van der Waals surface area contributed by atoms with E-state index in [1.54, 1.807) is 48.5 Å². The molecular formula is C26H25ClN4O5. The molecule has 6 N–H and O–H groups in total. The first kappa shape index (κ1) is 26.2. The van der Waals surface area contributed by atoms with E-state index in [0.29, 0.717) is 33.8 Å². The van der Waals surface area contributed by atoms with Crippen LogP contribution in [0.1, 0.15) is 40.4 Å². The highest BCUT2D eigenvalue weighted by Crippen LogP contribution is 2.25. The van der Waals surface area contributed by atoms with E-state index >= 15 is 0 Å². The second kappa shape index (κ2) is 12.4. The monoisotopic (exact) mass is 508 g/mol. The van der Waals surface area contributed by atoms with E-state index in [9.17, 15) is 19.5 Å². The number of carboxylic acid groups (broad SMARTS) is 1. The fourth-order valence-electron chi connectivity index (χ4n) is 3.43. The van der Waals surface area contributed by atoms with E-state index in [0.717, 1.165) is 0 Å². The Morgan fingerprint density at radius 3 is 2.33 bits per heavy atom. The lowest BCUT2D eigenvalue weighted by molar-refractivity contribution is -0.137. The standard InChI is InChI=1S/C26H25ClN4O5/c27-21-14-20(36-25(35)18-6-10-19(11-7-18)30-26(28)29)12-8-16(21)9-13-23(32)31-22(15-24(33)34)17-4-2-1-3-5-17/h1-8,10-12,14,22H,9,13,15H2,(H,31,32)(H,33,34)(H4,28,29,30)/t22-/m0/s1. The highest BCUT2D eigenvalue weighted by atomic mass is 35.5. The Morgan fingerprint density at radius 2 is 1.72 bits per heavy atom. The molecular weight excluding hydrogens is 484 g/mol. The lowest BCUT2D eigenvalue weighted by atomic mass is 10.0. The smallest absolute Gasteiger partial charge is 0.343 e. The van der Waals surface area contributed by atoms with Crippen LogP contribution in [0, 0.1) is 5.41 Å². The molecule has 0 aromatic heterocycles. The molecule has 0 saturated heterocycles. The second-order valence-electron chi connectivity index (χ2n) is 7.89. The average molecular weight is 509 g/mol. The molecule has 0 aliphatic carbocycles. The van der Waals surface area contributed by atoms with Crippen molar-refractivity contribution in [2.24, 2.45) is 5.73 Å². The quantitative estimate of drug-likeness (QED) is 0.119. The molecule has 0 unspecified atom stereocenters. The molecule has 0 aliphatic rings. The number of hydrogen-bond acceptors (Lipinski definition) is 5. The number of ether oxygens (including phenoxy) is 1. The number of carbonyl (C=O) groups is 3. The number of nitrogens with two attached hydrogens (primary N) is 1. The van der Waals surface area contributed by atoms with Gasteiger partial charge in [-0.15, -0.1) is 0 Å². The number of aryl methyl sites for hydroxylation is 1. The number of anilines is 1. The van der Waals surface area contributed by atoms with Crippen molar-refractivity contribution >= 4 is 41.1 Å². The number of aliphatic carboxylic acids is 1. The number of nitrogens with one attached hydrogen (secondary N) is 3. The highest BCUT2D eigenvalue weighted by Gasteiger charge is 2.18. The summed E-state index contributed by atoms with van der Waals surface area (Å²) in [5.74, 6) is -1.87. The summed E-state index contributed by atoms with van der Waals surface area (Å²) in [5.41, 5.74) is 7.53. The lowest BCUT2D eigenvalue weighted by Crippen LogP contribution is -2.30. The van der Waals surface area contributed by atoms with Gasteiger partial charge in [0.15, 0.2) is 5.96 Å². The molecule has 9 nitrogen and oxygen atoms in total. The summed E-state index contributed by atoms with van der Waals surface area (Å²) >= 11 is 6.34. The summed E-state index contributed by atoms with van der Waals surface area (Å²) in [7, 11) is 0. The first-order valence-corrected chi connectivity index (χ1v) is 11.4. The maximum Gasteiger partial charge on any atom is 0.343 e. The third-order valence-electron chi connectivity index (χ3n) is 5.17. The van der Waals surface area contributed by atoms with Crippen LogP contribution < -0.4 is 21.1 Å². The zero-order valence-electron chi connectivity index (χ0n) is 19.2. The topological polar surface area (TPSA) is 155 Å². The van der Waals surface area contributed by atoms with Crippen LogP contribution in [-0.4, -0.2) is 28.9 Å². The molecule has 1 atom stereocenters. The van der Waals surface area contributed by atoms with Crippen LogP contribution in [0.5, 0.6) is 5.75 Å². The highest BCUT2D eigenvalue weighted by molar-refractivity contribution is 6.31. The number of guanidine groups is 1. The maximum atomic E-state index is 12.5. The van der Waals surface area contributed by atoms with Crippen molar-refractivity contribution in [3.05, 3.63) is 94.5 Å².